The van der Waals surface area contributed by atoms with Crippen LogP contribution >= 0.6 is 0 Å². The van der Waals surface area contributed by atoms with E-state index in [1.54, 1.807) is 45.5 Å². The van der Waals surface area contributed by atoms with Crippen LogP contribution in [0, 0.1) is 0 Å². The van der Waals surface area contributed by atoms with Gasteiger partial charge in [-0.3, -0.25) is 4.79 Å². The summed E-state index contributed by atoms with van der Waals surface area (Å²) in [6.45, 7) is 0.240. The zero-order valence-corrected chi connectivity index (χ0v) is 13.9. The van der Waals surface area contributed by atoms with Crippen LogP contribution in [0.1, 0.15) is 10.5 Å². The van der Waals surface area contributed by atoms with Crippen molar-refractivity contribution in [3.63, 3.8) is 0 Å². The fourth-order valence-corrected chi connectivity index (χ4v) is 3.93. The maximum Gasteiger partial charge on any atom is 0.272 e. The SMILES string of the molecule is COc1cccc(-c2nc3n(c2C(=O)N(C)C)CCS3(=O)=O)c1. The Morgan fingerprint density at radius 3 is 2.74 bits per heavy atom. The molecule has 7 nitrogen and oxygen atoms in total. The molecule has 1 aliphatic heterocycles. The molecule has 0 N–H and O–H groups in total. The summed E-state index contributed by atoms with van der Waals surface area (Å²) in [5, 5.41) is -0.0412. The zero-order valence-electron chi connectivity index (χ0n) is 13.1. The summed E-state index contributed by atoms with van der Waals surface area (Å²) in [7, 11) is 1.36. The predicted octanol–water partition coefficient (Wildman–Crippen LogP) is 1.05. The minimum Gasteiger partial charge on any atom is -0.497 e. The van der Waals surface area contributed by atoms with Crippen LogP contribution in [0.5, 0.6) is 5.75 Å². The number of amides is 1. The lowest BCUT2D eigenvalue weighted by Gasteiger charge is -2.13. The number of nitrogens with zero attached hydrogens (tertiary/aromatic N) is 3. The van der Waals surface area contributed by atoms with Crippen molar-refractivity contribution in [1.29, 1.82) is 0 Å². The van der Waals surface area contributed by atoms with Gasteiger partial charge in [0.1, 0.15) is 17.1 Å². The minimum absolute atomic E-state index is 0.0264. The molecule has 3 rings (SSSR count). The van der Waals surface area contributed by atoms with Crippen LogP contribution < -0.4 is 4.74 Å². The molecule has 0 fully saturated rings. The number of methoxy groups -OCH3 is 1. The van der Waals surface area contributed by atoms with Gasteiger partial charge in [0.05, 0.1) is 12.9 Å². The Hall–Kier alpha value is -2.35. The highest BCUT2D eigenvalue weighted by atomic mass is 32.2. The van der Waals surface area contributed by atoms with Crippen LogP contribution in [0.3, 0.4) is 0 Å². The monoisotopic (exact) mass is 335 g/mol. The van der Waals surface area contributed by atoms with Gasteiger partial charge in [-0.25, -0.2) is 13.4 Å². The molecule has 23 heavy (non-hydrogen) atoms. The van der Waals surface area contributed by atoms with Crippen LogP contribution in [0.2, 0.25) is 0 Å². The first-order valence-corrected chi connectivity index (χ1v) is 8.69. The van der Waals surface area contributed by atoms with E-state index in [1.807, 2.05) is 0 Å². The Kier molecular flexibility index (Phi) is 3.63. The number of carbonyl (C=O) groups excluding carboxylic acids is 1. The smallest absolute Gasteiger partial charge is 0.272 e. The van der Waals surface area contributed by atoms with E-state index in [2.05, 4.69) is 4.98 Å². The number of aromatic nitrogens is 2. The van der Waals surface area contributed by atoms with Crippen molar-refractivity contribution in [2.24, 2.45) is 0 Å². The first kappa shape index (κ1) is 15.5. The van der Waals surface area contributed by atoms with Gasteiger partial charge in [0.15, 0.2) is 0 Å². The topological polar surface area (TPSA) is 81.5 Å². The first-order chi connectivity index (χ1) is 10.8. The van der Waals surface area contributed by atoms with Gasteiger partial charge in [-0.05, 0) is 12.1 Å². The van der Waals surface area contributed by atoms with Crippen molar-refractivity contribution < 1.29 is 17.9 Å². The molecule has 8 heteroatoms. The lowest BCUT2D eigenvalue weighted by atomic mass is 10.1. The fraction of sp³-hybridized carbons (Fsp3) is 0.333. The number of hydrogen-bond donors (Lipinski definition) is 0. The summed E-state index contributed by atoms with van der Waals surface area (Å²) < 4.78 is 31.0. The third kappa shape index (κ3) is 2.48. The molecule has 0 spiro atoms. The number of fused-ring (bicyclic) bond motifs is 1. The van der Waals surface area contributed by atoms with Crippen molar-refractivity contribution >= 4 is 15.7 Å². The molecule has 0 radical (unpaired) electrons. The van der Waals surface area contributed by atoms with Crippen LogP contribution in [-0.2, 0) is 16.4 Å². The Balaban J connectivity index is 2.26. The van der Waals surface area contributed by atoms with E-state index in [0.29, 0.717) is 22.7 Å². The summed E-state index contributed by atoms with van der Waals surface area (Å²) >= 11 is 0. The summed E-state index contributed by atoms with van der Waals surface area (Å²) in [5.41, 5.74) is 1.30. The molecule has 0 bridgehead atoms. The number of carbonyl (C=O) groups is 1. The molecule has 0 unspecified atom stereocenters. The molecular formula is C15H17N3O4S. The van der Waals surface area contributed by atoms with Gasteiger partial charge in [0.25, 0.3) is 5.91 Å². The Morgan fingerprint density at radius 1 is 1.35 bits per heavy atom. The van der Waals surface area contributed by atoms with Gasteiger partial charge < -0.3 is 14.2 Å². The molecule has 122 valence electrons. The van der Waals surface area contributed by atoms with E-state index >= 15 is 0 Å². The Labute approximate surface area is 134 Å². The van der Waals surface area contributed by atoms with Crippen molar-refractivity contribution in [3.8, 4) is 17.0 Å². The summed E-state index contributed by atoms with van der Waals surface area (Å²) in [4.78, 5) is 18.2. The molecule has 1 aliphatic rings. The second-order valence-corrected chi connectivity index (χ2v) is 7.50. The third-order valence-corrected chi connectivity index (χ3v) is 5.33. The van der Waals surface area contributed by atoms with Crippen LogP contribution in [0.25, 0.3) is 11.3 Å². The van der Waals surface area contributed by atoms with Crippen molar-refractivity contribution in [2.75, 3.05) is 27.0 Å². The fourth-order valence-electron chi connectivity index (χ4n) is 2.58. The average molecular weight is 335 g/mol. The van der Waals surface area contributed by atoms with Gasteiger partial charge in [-0.2, -0.15) is 0 Å². The van der Waals surface area contributed by atoms with Gasteiger partial charge in [0, 0.05) is 26.2 Å². The molecule has 1 amide bonds. The average Bonchev–Trinajstić information content (AvgIpc) is 3.04. The minimum atomic E-state index is -3.44. The summed E-state index contributed by atoms with van der Waals surface area (Å²) in [6, 6.07) is 7.06. The first-order valence-electron chi connectivity index (χ1n) is 7.04. The largest absolute Gasteiger partial charge is 0.497 e. The van der Waals surface area contributed by atoms with Gasteiger partial charge in [0.2, 0.25) is 15.0 Å². The molecule has 2 heterocycles. The van der Waals surface area contributed by atoms with Gasteiger partial charge in [-0.1, -0.05) is 12.1 Å². The summed E-state index contributed by atoms with van der Waals surface area (Å²) in [6.07, 6.45) is 0. The van der Waals surface area contributed by atoms with E-state index in [9.17, 15) is 13.2 Å². The Bertz CT molecular complexity index is 884. The van der Waals surface area contributed by atoms with Crippen LogP contribution in [0.4, 0.5) is 0 Å². The van der Waals surface area contributed by atoms with Crippen LogP contribution in [0.15, 0.2) is 29.4 Å². The van der Waals surface area contributed by atoms with Gasteiger partial charge in [-0.15, -0.1) is 0 Å². The molecule has 1 aromatic heterocycles. The molecule has 0 aliphatic carbocycles. The van der Waals surface area contributed by atoms with Crippen molar-refractivity contribution in [3.05, 3.63) is 30.0 Å². The number of benzene rings is 1. The van der Waals surface area contributed by atoms with E-state index in [0.717, 1.165) is 0 Å². The maximum absolute atomic E-state index is 12.6. The number of hydrogen-bond acceptors (Lipinski definition) is 5. The highest BCUT2D eigenvalue weighted by Gasteiger charge is 2.36. The maximum atomic E-state index is 12.6. The number of ether oxygens (including phenoxy) is 1. The standard InChI is InChI=1S/C15H17N3O4S/c1-17(2)14(19)13-12(10-5-4-6-11(9-10)22-3)16-15-18(13)7-8-23(15,20)21/h4-6,9H,7-8H2,1-3H3. The second-order valence-electron chi connectivity index (χ2n) is 5.49. The molecule has 0 saturated carbocycles. The highest BCUT2D eigenvalue weighted by Crippen LogP contribution is 2.32. The third-order valence-electron chi connectivity index (χ3n) is 3.75. The molecular weight excluding hydrogens is 318 g/mol. The van der Waals surface area contributed by atoms with Crippen molar-refractivity contribution in [2.45, 2.75) is 11.7 Å². The van der Waals surface area contributed by atoms with E-state index in [1.165, 1.54) is 9.47 Å². The molecule has 0 atom stereocenters. The number of rotatable bonds is 3. The second kappa shape index (κ2) is 5.38. The Morgan fingerprint density at radius 2 is 2.09 bits per heavy atom. The molecule has 2 aromatic rings. The van der Waals surface area contributed by atoms with Crippen LogP contribution in [-0.4, -0.2) is 55.7 Å². The van der Waals surface area contributed by atoms with E-state index in [-0.39, 0.29) is 23.4 Å². The number of imidazole rings is 1. The van der Waals surface area contributed by atoms with E-state index in [4.69, 9.17) is 4.74 Å². The van der Waals surface area contributed by atoms with E-state index < -0.39 is 9.84 Å². The van der Waals surface area contributed by atoms with Gasteiger partial charge >= 0.3 is 0 Å². The quantitative estimate of drug-likeness (QED) is 0.837. The normalized spacial score (nSPS) is 15.3. The molecule has 1 aromatic carbocycles. The predicted molar refractivity (Wildman–Crippen MR) is 84.3 cm³/mol. The number of sulfone groups is 1. The molecule has 0 saturated heterocycles. The zero-order chi connectivity index (χ0) is 16.8. The lowest BCUT2D eigenvalue weighted by molar-refractivity contribution is 0.0817. The highest BCUT2D eigenvalue weighted by molar-refractivity contribution is 7.91. The lowest BCUT2D eigenvalue weighted by Crippen LogP contribution is -2.25. The summed E-state index contributed by atoms with van der Waals surface area (Å²) in [5.74, 6) is 0.307. The van der Waals surface area contributed by atoms with Crippen molar-refractivity contribution in [1.82, 2.24) is 14.5 Å².